The molecule has 5 nitrogen and oxygen atoms in total. The Morgan fingerprint density at radius 2 is 1.71 bits per heavy atom. The molecular weight excluding hydrogens is 445 g/mol. The van der Waals surface area contributed by atoms with Crippen molar-refractivity contribution in [1.82, 2.24) is 9.47 Å². The second-order valence-corrected chi connectivity index (χ2v) is 8.71. The van der Waals surface area contributed by atoms with E-state index in [1.807, 2.05) is 0 Å². The van der Waals surface area contributed by atoms with Gasteiger partial charge < -0.3 is 14.6 Å². The van der Waals surface area contributed by atoms with Crippen LogP contribution in [-0.2, 0) is 6.18 Å². The zero-order chi connectivity index (χ0) is 24.3. The molecule has 2 heterocycles. The Hall–Kier alpha value is -3.13. The lowest BCUT2D eigenvalue weighted by molar-refractivity contribution is -0.137. The molecule has 1 N–H and O–H groups in total. The fourth-order valence-electron chi connectivity index (χ4n) is 4.19. The summed E-state index contributed by atoms with van der Waals surface area (Å²) in [6.07, 6.45) is -0.332. The van der Waals surface area contributed by atoms with E-state index in [2.05, 4.69) is 11.8 Å². The molecule has 34 heavy (non-hydrogen) atoms. The molecule has 1 saturated heterocycles. The SMILES string of the molecule is COc1ccc(-n2ccc(-c3ccc(C(F)(F)F)cc3)c2O)cc1OCCN1CCC(C)CC1. The molecule has 0 saturated carbocycles. The van der Waals surface area contributed by atoms with Crippen LogP contribution in [0.5, 0.6) is 17.4 Å². The van der Waals surface area contributed by atoms with E-state index in [1.54, 1.807) is 42.1 Å². The van der Waals surface area contributed by atoms with Gasteiger partial charge in [0.15, 0.2) is 11.5 Å². The molecule has 2 aromatic carbocycles. The summed E-state index contributed by atoms with van der Waals surface area (Å²) in [4.78, 5) is 2.39. The highest BCUT2D eigenvalue weighted by Crippen LogP contribution is 2.37. The highest BCUT2D eigenvalue weighted by Gasteiger charge is 2.30. The molecule has 1 fully saturated rings. The minimum atomic E-state index is -4.40. The molecule has 0 unspecified atom stereocenters. The van der Waals surface area contributed by atoms with Crippen molar-refractivity contribution in [2.75, 3.05) is 33.4 Å². The van der Waals surface area contributed by atoms with Crippen LogP contribution in [0.25, 0.3) is 16.8 Å². The van der Waals surface area contributed by atoms with E-state index in [0.29, 0.717) is 34.9 Å². The van der Waals surface area contributed by atoms with Crippen LogP contribution >= 0.6 is 0 Å². The van der Waals surface area contributed by atoms with Crippen LogP contribution in [0.15, 0.2) is 54.7 Å². The Kier molecular flexibility index (Phi) is 7.07. The number of halogens is 3. The summed E-state index contributed by atoms with van der Waals surface area (Å²) < 4.78 is 51.6. The molecule has 0 spiro atoms. The van der Waals surface area contributed by atoms with Gasteiger partial charge in [0, 0.05) is 24.4 Å². The van der Waals surface area contributed by atoms with Crippen LogP contribution < -0.4 is 9.47 Å². The first kappa shape index (κ1) is 24.0. The smallest absolute Gasteiger partial charge is 0.416 e. The van der Waals surface area contributed by atoms with Gasteiger partial charge in [-0.25, -0.2) is 0 Å². The quantitative estimate of drug-likeness (QED) is 0.457. The van der Waals surface area contributed by atoms with Gasteiger partial charge in [0.05, 0.1) is 18.4 Å². The van der Waals surface area contributed by atoms with E-state index >= 15 is 0 Å². The topological polar surface area (TPSA) is 46.9 Å². The van der Waals surface area contributed by atoms with Crippen LogP contribution in [0, 0.1) is 5.92 Å². The van der Waals surface area contributed by atoms with Crippen molar-refractivity contribution in [1.29, 1.82) is 0 Å². The first-order valence-electron chi connectivity index (χ1n) is 11.4. The largest absolute Gasteiger partial charge is 0.494 e. The van der Waals surface area contributed by atoms with Crippen molar-refractivity contribution in [2.24, 2.45) is 5.92 Å². The molecule has 0 bridgehead atoms. The van der Waals surface area contributed by atoms with Gasteiger partial charge in [-0.3, -0.25) is 9.47 Å². The van der Waals surface area contributed by atoms with E-state index < -0.39 is 11.7 Å². The van der Waals surface area contributed by atoms with Gasteiger partial charge in [-0.05, 0) is 67.7 Å². The monoisotopic (exact) mass is 474 g/mol. The van der Waals surface area contributed by atoms with Crippen molar-refractivity contribution in [3.8, 4) is 34.2 Å². The number of alkyl halides is 3. The Labute approximate surface area is 197 Å². The fourth-order valence-corrected chi connectivity index (χ4v) is 4.19. The van der Waals surface area contributed by atoms with Gasteiger partial charge in [-0.2, -0.15) is 13.2 Å². The summed E-state index contributed by atoms with van der Waals surface area (Å²) in [6.45, 7) is 5.77. The number of benzene rings is 2. The van der Waals surface area contributed by atoms with E-state index in [4.69, 9.17) is 9.47 Å². The summed E-state index contributed by atoms with van der Waals surface area (Å²) in [7, 11) is 1.57. The van der Waals surface area contributed by atoms with Crippen molar-refractivity contribution < 1.29 is 27.8 Å². The number of rotatable bonds is 7. The summed E-state index contributed by atoms with van der Waals surface area (Å²) in [5.74, 6) is 1.86. The van der Waals surface area contributed by atoms with Crippen molar-refractivity contribution in [3.05, 3.63) is 60.3 Å². The third kappa shape index (κ3) is 5.33. The van der Waals surface area contributed by atoms with E-state index in [1.165, 1.54) is 25.0 Å². The molecule has 182 valence electrons. The molecular formula is C26H29F3N2O3. The van der Waals surface area contributed by atoms with Crippen molar-refractivity contribution in [2.45, 2.75) is 25.9 Å². The first-order valence-corrected chi connectivity index (χ1v) is 11.4. The van der Waals surface area contributed by atoms with Crippen LogP contribution in [0.4, 0.5) is 13.2 Å². The highest BCUT2D eigenvalue weighted by atomic mass is 19.4. The number of hydrogen-bond donors (Lipinski definition) is 1. The van der Waals surface area contributed by atoms with Gasteiger partial charge in [-0.15, -0.1) is 0 Å². The maximum Gasteiger partial charge on any atom is 0.416 e. The van der Waals surface area contributed by atoms with E-state index in [9.17, 15) is 18.3 Å². The highest BCUT2D eigenvalue weighted by molar-refractivity contribution is 5.70. The Balaban J connectivity index is 1.50. The fraction of sp³-hybridized carbons (Fsp3) is 0.385. The van der Waals surface area contributed by atoms with Crippen molar-refractivity contribution >= 4 is 0 Å². The first-order chi connectivity index (χ1) is 16.3. The lowest BCUT2D eigenvalue weighted by atomic mass is 9.99. The summed E-state index contributed by atoms with van der Waals surface area (Å²) in [6, 6.07) is 11.7. The van der Waals surface area contributed by atoms with Gasteiger partial charge >= 0.3 is 6.18 Å². The Bertz CT molecular complexity index is 1100. The number of aromatic hydroxyl groups is 1. The maximum atomic E-state index is 12.9. The zero-order valence-electron chi connectivity index (χ0n) is 19.3. The molecule has 4 rings (SSSR count). The zero-order valence-corrected chi connectivity index (χ0v) is 19.3. The minimum Gasteiger partial charge on any atom is -0.494 e. The second-order valence-electron chi connectivity index (χ2n) is 8.71. The third-order valence-corrected chi connectivity index (χ3v) is 6.35. The molecule has 8 heteroatoms. The standard InChI is InChI=1S/C26H29F3N2O3/c1-18-9-12-30(13-10-18)15-16-34-24-17-21(7-8-23(24)33-2)31-14-11-22(25(31)32)19-3-5-20(6-4-19)26(27,28)29/h3-8,11,14,17-18,32H,9-10,12-13,15-16H2,1-2H3. The van der Waals surface area contributed by atoms with Crippen LogP contribution in [0.2, 0.25) is 0 Å². The average Bonchev–Trinajstić information content (AvgIpc) is 3.21. The molecule has 0 radical (unpaired) electrons. The predicted octanol–water partition coefficient (Wildman–Crippen LogP) is 5.99. The summed E-state index contributed by atoms with van der Waals surface area (Å²) in [5.41, 5.74) is 0.848. The number of ether oxygens (including phenoxy) is 2. The molecule has 3 aromatic rings. The molecule has 1 aliphatic rings. The number of nitrogens with zero attached hydrogens (tertiary/aromatic N) is 2. The number of likely N-dealkylation sites (tertiary alicyclic amines) is 1. The Morgan fingerprint density at radius 3 is 2.35 bits per heavy atom. The number of methoxy groups -OCH3 is 1. The second kappa shape index (κ2) is 10.0. The molecule has 0 amide bonds. The lowest BCUT2D eigenvalue weighted by Crippen LogP contribution is -2.35. The number of piperidine rings is 1. The lowest BCUT2D eigenvalue weighted by Gasteiger charge is -2.30. The number of hydrogen-bond acceptors (Lipinski definition) is 4. The van der Waals surface area contributed by atoms with E-state index in [0.717, 1.165) is 37.7 Å². The summed E-state index contributed by atoms with van der Waals surface area (Å²) in [5, 5.41) is 10.8. The molecule has 1 aromatic heterocycles. The van der Waals surface area contributed by atoms with Crippen LogP contribution in [0.3, 0.4) is 0 Å². The number of aromatic nitrogens is 1. The van der Waals surface area contributed by atoms with Crippen LogP contribution in [0.1, 0.15) is 25.3 Å². The van der Waals surface area contributed by atoms with E-state index in [-0.39, 0.29) is 5.88 Å². The molecule has 0 aliphatic carbocycles. The van der Waals surface area contributed by atoms with Crippen LogP contribution in [-0.4, -0.2) is 47.9 Å². The predicted molar refractivity (Wildman–Crippen MR) is 125 cm³/mol. The van der Waals surface area contributed by atoms with Gasteiger partial charge in [-0.1, -0.05) is 19.1 Å². The maximum absolute atomic E-state index is 12.9. The summed E-state index contributed by atoms with van der Waals surface area (Å²) >= 11 is 0. The normalized spacial score (nSPS) is 15.4. The third-order valence-electron chi connectivity index (χ3n) is 6.35. The van der Waals surface area contributed by atoms with Gasteiger partial charge in [0.1, 0.15) is 6.61 Å². The molecule has 0 atom stereocenters. The Morgan fingerprint density at radius 1 is 1.00 bits per heavy atom. The van der Waals surface area contributed by atoms with Gasteiger partial charge in [0.2, 0.25) is 5.88 Å². The van der Waals surface area contributed by atoms with Gasteiger partial charge in [0.25, 0.3) is 0 Å². The van der Waals surface area contributed by atoms with Crippen molar-refractivity contribution in [3.63, 3.8) is 0 Å². The average molecular weight is 475 g/mol. The molecule has 1 aliphatic heterocycles. The minimum absolute atomic E-state index is 0.0710.